The van der Waals surface area contributed by atoms with E-state index in [0.29, 0.717) is 5.02 Å². The molecule has 0 radical (unpaired) electrons. The second-order valence-corrected chi connectivity index (χ2v) is 9.73. The molecule has 3 nitrogen and oxygen atoms in total. The van der Waals surface area contributed by atoms with Crippen LogP contribution in [0.15, 0.2) is 91.1 Å². The minimum Gasteiger partial charge on any atom is -0.383 e. The monoisotopic (exact) mass is 493 g/mol. The summed E-state index contributed by atoms with van der Waals surface area (Å²) in [5.41, 5.74) is 6.56. The molecule has 0 aliphatic carbocycles. The summed E-state index contributed by atoms with van der Waals surface area (Å²) in [5.74, 6) is 2.67. The first-order valence-electron chi connectivity index (χ1n) is 11.4. The number of nitrogens with one attached hydrogen (secondary N) is 2. The highest BCUT2D eigenvalue weighted by Gasteiger charge is 2.06. The van der Waals surface area contributed by atoms with Crippen molar-refractivity contribution in [2.45, 2.75) is 6.54 Å². The fraction of sp³-hybridized carbons (Fsp3) is 0.100. The molecule has 0 saturated carbocycles. The molecule has 5 rings (SSSR count). The van der Waals surface area contributed by atoms with E-state index < -0.39 is 0 Å². The van der Waals surface area contributed by atoms with Crippen molar-refractivity contribution in [3.63, 3.8) is 0 Å². The van der Waals surface area contributed by atoms with Crippen LogP contribution in [-0.4, -0.2) is 18.1 Å². The van der Waals surface area contributed by atoms with Crippen LogP contribution < -0.4 is 10.6 Å². The summed E-state index contributed by atoms with van der Waals surface area (Å²) in [6.45, 7) is 2.50. The number of halogens is 1. The number of terminal acetylenes is 1. The van der Waals surface area contributed by atoms with Gasteiger partial charge in [0.15, 0.2) is 0 Å². The van der Waals surface area contributed by atoms with Gasteiger partial charge in [0, 0.05) is 57.2 Å². The summed E-state index contributed by atoms with van der Waals surface area (Å²) in [5, 5.41) is 8.78. The molecule has 2 heterocycles. The molecule has 172 valence electrons. The number of fused-ring (bicyclic) bond motifs is 1. The molecule has 3 aromatic carbocycles. The summed E-state index contributed by atoms with van der Waals surface area (Å²) in [6, 6.07) is 29.1. The highest BCUT2D eigenvalue weighted by molar-refractivity contribution is 7.18. The van der Waals surface area contributed by atoms with Crippen molar-refractivity contribution in [1.82, 2.24) is 10.3 Å². The third kappa shape index (κ3) is 5.55. The van der Waals surface area contributed by atoms with Gasteiger partial charge in [-0.1, -0.05) is 53.9 Å². The largest absolute Gasteiger partial charge is 0.383 e. The maximum Gasteiger partial charge on any atom is 0.0737 e. The normalized spacial score (nSPS) is 10.9. The Morgan fingerprint density at radius 1 is 0.829 bits per heavy atom. The Morgan fingerprint density at radius 3 is 2.26 bits per heavy atom. The molecule has 0 aliphatic rings. The van der Waals surface area contributed by atoms with Crippen LogP contribution in [0.1, 0.15) is 11.1 Å². The zero-order valence-corrected chi connectivity index (χ0v) is 20.7. The maximum absolute atomic E-state index is 6.08. The van der Waals surface area contributed by atoms with Crippen LogP contribution in [0.25, 0.3) is 31.8 Å². The van der Waals surface area contributed by atoms with Gasteiger partial charge in [-0.05, 0) is 65.2 Å². The minimum absolute atomic E-state index is 0.699. The van der Waals surface area contributed by atoms with E-state index in [1.54, 1.807) is 11.3 Å². The molecule has 35 heavy (non-hydrogen) atoms. The van der Waals surface area contributed by atoms with Crippen LogP contribution in [-0.2, 0) is 6.54 Å². The van der Waals surface area contributed by atoms with E-state index in [0.717, 1.165) is 41.8 Å². The first-order chi connectivity index (χ1) is 17.2. The lowest BCUT2D eigenvalue weighted by molar-refractivity contribution is 0.707. The third-order valence-corrected chi connectivity index (χ3v) is 7.25. The van der Waals surface area contributed by atoms with Crippen molar-refractivity contribution < 1.29 is 0 Å². The van der Waals surface area contributed by atoms with Gasteiger partial charge in [0.1, 0.15) is 0 Å². The Kier molecular flexibility index (Phi) is 7.11. The maximum atomic E-state index is 6.08. The number of rotatable bonds is 8. The second kappa shape index (κ2) is 10.8. The Labute approximate surface area is 214 Å². The third-order valence-electron chi connectivity index (χ3n) is 5.83. The summed E-state index contributed by atoms with van der Waals surface area (Å²) in [7, 11) is 0. The van der Waals surface area contributed by atoms with Gasteiger partial charge in [-0.25, -0.2) is 0 Å². The summed E-state index contributed by atoms with van der Waals surface area (Å²) >= 11 is 7.87. The smallest absolute Gasteiger partial charge is 0.0737 e. The Hall–Kier alpha value is -3.62. The lowest BCUT2D eigenvalue weighted by atomic mass is 10.1. The Balaban J connectivity index is 1.13. The van der Waals surface area contributed by atoms with Crippen LogP contribution in [0, 0.1) is 12.3 Å². The molecule has 0 aliphatic heterocycles. The van der Waals surface area contributed by atoms with Crippen molar-refractivity contribution in [3.8, 4) is 33.2 Å². The summed E-state index contributed by atoms with van der Waals surface area (Å²) in [4.78, 5) is 6.90. The predicted molar refractivity (Wildman–Crippen MR) is 150 cm³/mol. The number of thiophene rings is 1. The topological polar surface area (TPSA) is 37.0 Å². The van der Waals surface area contributed by atoms with Crippen LogP contribution >= 0.6 is 22.9 Å². The van der Waals surface area contributed by atoms with E-state index >= 15 is 0 Å². The van der Waals surface area contributed by atoms with E-state index in [4.69, 9.17) is 18.0 Å². The van der Waals surface area contributed by atoms with Crippen molar-refractivity contribution in [2.24, 2.45) is 0 Å². The first kappa shape index (κ1) is 23.1. The number of anilines is 1. The lowest BCUT2D eigenvalue weighted by Gasteiger charge is -2.10. The van der Waals surface area contributed by atoms with Gasteiger partial charge in [0.05, 0.1) is 5.52 Å². The molecule has 2 N–H and O–H groups in total. The average Bonchev–Trinajstić information content (AvgIpc) is 3.39. The van der Waals surface area contributed by atoms with Crippen molar-refractivity contribution >= 4 is 39.5 Å². The zero-order valence-electron chi connectivity index (χ0n) is 19.1. The van der Waals surface area contributed by atoms with E-state index in [1.807, 2.05) is 42.6 Å². The highest BCUT2D eigenvalue weighted by Crippen LogP contribution is 2.34. The van der Waals surface area contributed by atoms with E-state index in [-0.39, 0.29) is 0 Å². The van der Waals surface area contributed by atoms with Crippen LogP contribution in [0.4, 0.5) is 5.69 Å². The molecule has 5 heteroatoms. The van der Waals surface area contributed by atoms with Crippen LogP contribution in [0.2, 0.25) is 5.02 Å². The number of aromatic nitrogens is 1. The van der Waals surface area contributed by atoms with Gasteiger partial charge in [0.25, 0.3) is 0 Å². The number of pyridine rings is 1. The molecule has 0 unspecified atom stereocenters. The van der Waals surface area contributed by atoms with Gasteiger partial charge in [-0.15, -0.1) is 17.8 Å². The average molecular weight is 494 g/mol. The summed E-state index contributed by atoms with van der Waals surface area (Å²) in [6.07, 6.45) is 7.27. The number of benzene rings is 3. The molecule has 2 aromatic heterocycles. The number of nitrogens with zero attached hydrogens (tertiary/aromatic N) is 1. The molecule has 0 atom stereocenters. The van der Waals surface area contributed by atoms with Crippen molar-refractivity contribution in [1.29, 1.82) is 0 Å². The minimum atomic E-state index is 0.699. The van der Waals surface area contributed by atoms with Crippen LogP contribution in [0.3, 0.4) is 0 Å². The number of hydrogen-bond donors (Lipinski definition) is 2. The standard InChI is InChI=1S/C30H24ClN3S/c1-2-21-3-7-23(8-4-21)29-13-14-30(35-29)24-9-5-22(6-10-24)20-32-17-18-34-27-15-16-33-28-19-25(31)11-12-26(27)28/h1,3-16,19,32H,17-18,20H2,(H,33,34). The fourth-order valence-corrected chi connectivity index (χ4v) is 5.14. The SMILES string of the molecule is C#Cc1ccc(-c2ccc(-c3ccc(CNCCNc4ccnc5cc(Cl)ccc45)cc3)s2)cc1. The predicted octanol–water partition coefficient (Wildman–Crippen LogP) is 7.47. The Bertz CT molecular complexity index is 1480. The van der Waals surface area contributed by atoms with Gasteiger partial charge >= 0.3 is 0 Å². The molecule has 0 spiro atoms. The molecule has 5 aromatic rings. The molecular weight excluding hydrogens is 470 g/mol. The lowest BCUT2D eigenvalue weighted by Crippen LogP contribution is -2.21. The molecule has 0 saturated heterocycles. The highest BCUT2D eigenvalue weighted by atomic mass is 35.5. The van der Waals surface area contributed by atoms with Crippen LogP contribution in [0.5, 0.6) is 0 Å². The van der Waals surface area contributed by atoms with Crippen molar-refractivity contribution in [2.75, 3.05) is 18.4 Å². The van der Waals surface area contributed by atoms with Gasteiger partial charge in [-0.2, -0.15) is 0 Å². The van der Waals surface area contributed by atoms with Crippen molar-refractivity contribution in [3.05, 3.63) is 107 Å². The summed E-state index contributed by atoms with van der Waals surface area (Å²) < 4.78 is 0. The van der Waals surface area contributed by atoms with Gasteiger partial charge < -0.3 is 10.6 Å². The molecule has 0 fully saturated rings. The van der Waals surface area contributed by atoms with Gasteiger partial charge in [0.2, 0.25) is 0 Å². The first-order valence-corrected chi connectivity index (χ1v) is 12.6. The zero-order chi connectivity index (χ0) is 24.0. The number of hydrogen-bond acceptors (Lipinski definition) is 4. The van der Waals surface area contributed by atoms with Gasteiger partial charge in [-0.3, -0.25) is 4.98 Å². The van der Waals surface area contributed by atoms with E-state index in [9.17, 15) is 0 Å². The molecule has 0 amide bonds. The Morgan fingerprint density at radius 2 is 1.54 bits per heavy atom. The quantitative estimate of drug-likeness (QED) is 0.174. The van der Waals surface area contributed by atoms with E-state index in [2.05, 4.69) is 70.1 Å². The fourth-order valence-electron chi connectivity index (χ4n) is 3.96. The van der Waals surface area contributed by atoms with E-state index in [1.165, 1.54) is 26.4 Å². The molecular formula is C30H24ClN3S. The second-order valence-electron chi connectivity index (χ2n) is 8.21. The molecule has 0 bridgehead atoms.